The molecule has 1 N–H and O–H groups in total. The highest BCUT2D eigenvalue weighted by Gasteiger charge is 2.44. The zero-order valence-corrected chi connectivity index (χ0v) is 26.3. The van der Waals surface area contributed by atoms with E-state index in [2.05, 4.69) is 77.4 Å². The zero-order valence-electron chi connectivity index (χ0n) is 23.5. The summed E-state index contributed by atoms with van der Waals surface area (Å²) in [5, 5.41) is 0.188. The first-order valence-electron chi connectivity index (χ1n) is 12.1. The van der Waals surface area contributed by atoms with Gasteiger partial charge in [0, 0.05) is 24.2 Å². The number of nitrogens with one attached hydrogen (secondary N) is 1. The lowest BCUT2D eigenvalue weighted by Crippen LogP contribution is -2.51. The third-order valence-electron chi connectivity index (χ3n) is 7.09. The van der Waals surface area contributed by atoms with Crippen LogP contribution in [-0.4, -0.2) is 43.6 Å². The molecule has 2 unspecified atom stereocenters. The fourth-order valence-electron chi connectivity index (χ4n) is 2.63. The summed E-state index contributed by atoms with van der Waals surface area (Å²) >= 11 is -1.24. The summed E-state index contributed by atoms with van der Waals surface area (Å²) in [7, 11) is -4.02. The van der Waals surface area contributed by atoms with Gasteiger partial charge in [0.15, 0.2) is 16.6 Å². The molecule has 192 valence electrons. The van der Waals surface area contributed by atoms with Crippen LogP contribution in [0.25, 0.3) is 0 Å². The highest BCUT2D eigenvalue weighted by molar-refractivity contribution is 7.90. The first kappa shape index (κ1) is 30.8. The molecule has 0 aliphatic rings. The Morgan fingerprint density at radius 3 is 1.91 bits per heavy atom. The number of pyridine rings is 1. The molecule has 0 aliphatic heterocycles. The molecule has 0 fully saturated rings. The molecule has 0 bridgehead atoms. The van der Waals surface area contributed by atoms with Crippen LogP contribution in [-0.2, 0) is 20.2 Å². The molecule has 0 amide bonds. The Bertz CT molecular complexity index is 726. The van der Waals surface area contributed by atoms with Crippen molar-refractivity contribution >= 4 is 28.0 Å². The van der Waals surface area contributed by atoms with E-state index in [1.165, 1.54) is 0 Å². The van der Waals surface area contributed by atoms with E-state index in [9.17, 15) is 4.55 Å². The quantitative estimate of drug-likeness (QED) is 0.269. The Balaban J connectivity index is 3.31. The van der Waals surface area contributed by atoms with Crippen LogP contribution in [0, 0.1) is 0 Å². The van der Waals surface area contributed by atoms with Gasteiger partial charge in [-0.2, -0.15) is 0 Å². The second-order valence-electron chi connectivity index (χ2n) is 13.1. The van der Waals surface area contributed by atoms with Crippen molar-refractivity contribution in [2.24, 2.45) is 0 Å². The molecule has 1 heterocycles. The second kappa shape index (κ2) is 11.2. The van der Waals surface area contributed by atoms with Crippen LogP contribution < -0.4 is 4.72 Å². The molecule has 8 heteroatoms. The molecule has 33 heavy (non-hydrogen) atoms. The monoisotopic (exact) mass is 514 g/mol. The number of aromatic nitrogens is 1. The van der Waals surface area contributed by atoms with Crippen molar-refractivity contribution in [3.05, 3.63) is 30.1 Å². The van der Waals surface area contributed by atoms with E-state index >= 15 is 0 Å². The second-order valence-corrected chi connectivity index (χ2v) is 24.6. The number of rotatable bonds is 10. The average molecular weight is 515 g/mol. The van der Waals surface area contributed by atoms with E-state index in [0.717, 1.165) is 5.69 Å². The minimum Gasteiger partial charge on any atom is -0.598 e. The fraction of sp³-hybridized carbons (Fsp3) is 0.800. The number of nitrogens with zero attached hydrogens (tertiary/aromatic N) is 1. The van der Waals surface area contributed by atoms with Crippen molar-refractivity contribution in [3.63, 3.8) is 0 Å². The van der Waals surface area contributed by atoms with Crippen LogP contribution >= 0.6 is 0 Å². The molecule has 5 nitrogen and oxygen atoms in total. The largest absolute Gasteiger partial charge is 0.598 e. The molecule has 0 aromatic carbocycles. The van der Waals surface area contributed by atoms with Gasteiger partial charge in [0.25, 0.3) is 0 Å². The van der Waals surface area contributed by atoms with Crippen LogP contribution in [0.3, 0.4) is 0 Å². The fourth-order valence-corrected chi connectivity index (χ4v) is 5.84. The highest BCUT2D eigenvalue weighted by Crippen LogP contribution is 2.41. The highest BCUT2D eigenvalue weighted by atomic mass is 32.2. The molecule has 1 aromatic rings. The Labute approximate surface area is 209 Å². The van der Waals surface area contributed by atoms with E-state index < -0.39 is 28.0 Å². The Morgan fingerprint density at radius 1 is 0.939 bits per heavy atom. The van der Waals surface area contributed by atoms with Crippen LogP contribution in [0.4, 0.5) is 0 Å². The van der Waals surface area contributed by atoms with Crippen molar-refractivity contribution in [1.82, 2.24) is 9.71 Å². The van der Waals surface area contributed by atoms with Gasteiger partial charge < -0.3 is 13.4 Å². The molecule has 1 aromatic heterocycles. The first-order chi connectivity index (χ1) is 14.7. The first-order valence-corrected chi connectivity index (χ1v) is 19.1. The molecular weight excluding hydrogens is 465 g/mol. The van der Waals surface area contributed by atoms with Crippen molar-refractivity contribution in [2.45, 2.75) is 122 Å². The third kappa shape index (κ3) is 9.05. The molecular formula is C25H50N2O3SSi2. The van der Waals surface area contributed by atoms with Gasteiger partial charge in [-0.15, -0.1) is 4.72 Å². The average Bonchev–Trinajstić information content (AvgIpc) is 2.63. The summed E-state index contributed by atoms with van der Waals surface area (Å²) in [6.45, 7) is 29.1. The maximum absolute atomic E-state index is 13.2. The van der Waals surface area contributed by atoms with E-state index in [0.29, 0.717) is 13.0 Å². The molecule has 1 rings (SSSR count). The number of hydrogen-bond acceptors (Lipinski definition) is 5. The summed E-state index contributed by atoms with van der Waals surface area (Å²) in [6.07, 6.45) is 2.20. The predicted octanol–water partition coefficient (Wildman–Crippen LogP) is 6.98. The third-order valence-corrected chi connectivity index (χ3v) is 17.7. The van der Waals surface area contributed by atoms with Gasteiger partial charge in [-0.1, -0.05) is 47.6 Å². The summed E-state index contributed by atoms with van der Waals surface area (Å²) in [4.78, 5) is 4.66. The lowest BCUT2D eigenvalue weighted by molar-refractivity contribution is 0.126. The van der Waals surface area contributed by atoms with Crippen LogP contribution in [0.5, 0.6) is 0 Å². The van der Waals surface area contributed by atoms with Crippen LogP contribution in [0.1, 0.15) is 80.5 Å². The topological polar surface area (TPSA) is 66.4 Å². The Kier molecular flexibility index (Phi) is 10.5. The molecule has 0 saturated carbocycles. The summed E-state index contributed by atoms with van der Waals surface area (Å²) in [5.74, 6) is 0. The van der Waals surface area contributed by atoms with Crippen molar-refractivity contribution in [2.75, 3.05) is 6.61 Å². The van der Waals surface area contributed by atoms with E-state index in [1.807, 2.05) is 39.0 Å². The van der Waals surface area contributed by atoms with Gasteiger partial charge in [0.05, 0.1) is 11.7 Å². The van der Waals surface area contributed by atoms with Crippen LogP contribution in [0.2, 0.25) is 36.3 Å². The van der Waals surface area contributed by atoms with Crippen molar-refractivity contribution in [3.8, 4) is 0 Å². The minimum atomic E-state index is -2.13. The van der Waals surface area contributed by atoms with E-state index in [4.69, 9.17) is 8.85 Å². The lowest BCUT2D eigenvalue weighted by Gasteiger charge is -2.42. The normalized spacial score (nSPS) is 17.0. The van der Waals surface area contributed by atoms with Crippen LogP contribution in [0.15, 0.2) is 24.4 Å². The smallest absolute Gasteiger partial charge is 0.193 e. The SMILES string of the molecule is CC(C)(C)[S+]([O-])N[C@H](CCO[Si](C)(C)C(C)(C)C)C(O[Si](C)(C)C(C)(C)C)c1ccccn1. The van der Waals surface area contributed by atoms with Gasteiger partial charge in [-0.3, -0.25) is 4.98 Å². The number of hydrogen-bond donors (Lipinski definition) is 1. The van der Waals surface area contributed by atoms with Crippen molar-refractivity contribution in [1.29, 1.82) is 0 Å². The Hall–Kier alpha value is -0.226. The lowest BCUT2D eigenvalue weighted by atomic mass is 10.1. The Morgan fingerprint density at radius 2 is 1.48 bits per heavy atom. The molecule has 0 aliphatic carbocycles. The molecule has 0 saturated heterocycles. The van der Waals surface area contributed by atoms with Gasteiger partial charge in [0.1, 0.15) is 10.9 Å². The molecule has 3 atom stereocenters. The van der Waals surface area contributed by atoms with E-state index in [-0.39, 0.29) is 27.0 Å². The standard InChI is InChI=1S/C25H50N2O3SSi2/c1-23(2,3)31(28)27-21(17-19-29-32(10,11)24(4,5)6)22(20-16-14-15-18-26-20)30-33(12,13)25(7,8)9/h14-16,18,21-22,27H,17,19H2,1-13H3/t21-,22?,31?/m1/s1. The summed E-state index contributed by atoms with van der Waals surface area (Å²) < 4.78 is 29.7. The summed E-state index contributed by atoms with van der Waals surface area (Å²) in [6, 6.07) is 5.75. The predicted molar refractivity (Wildman–Crippen MR) is 148 cm³/mol. The van der Waals surface area contributed by atoms with Gasteiger partial charge in [0.2, 0.25) is 0 Å². The minimum absolute atomic E-state index is 0.0470. The zero-order chi connectivity index (χ0) is 25.9. The van der Waals surface area contributed by atoms with Gasteiger partial charge >= 0.3 is 0 Å². The maximum Gasteiger partial charge on any atom is 0.193 e. The van der Waals surface area contributed by atoms with Gasteiger partial charge in [-0.25, -0.2) is 0 Å². The molecule has 0 radical (unpaired) electrons. The van der Waals surface area contributed by atoms with E-state index in [1.54, 1.807) is 6.20 Å². The van der Waals surface area contributed by atoms with Crippen molar-refractivity contribution < 1.29 is 13.4 Å². The maximum atomic E-state index is 13.2. The van der Waals surface area contributed by atoms with Gasteiger partial charge in [-0.05, 0) is 75.6 Å². The molecule has 0 spiro atoms. The summed E-state index contributed by atoms with van der Waals surface area (Å²) in [5.41, 5.74) is 0.873.